The Labute approximate surface area is 60.3 Å². The first-order chi connectivity index (χ1) is 2.27. The summed E-state index contributed by atoms with van der Waals surface area (Å²) in [6, 6.07) is 0. The summed E-state index contributed by atoms with van der Waals surface area (Å²) >= 11 is 4.05. The molecule has 0 aromatic rings. The van der Waals surface area contributed by atoms with E-state index in [1.807, 2.05) is 0 Å². The van der Waals surface area contributed by atoms with Crippen molar-refractivity contribution in [3.8, 4) is 0 Å². The third kappa shape index (κ3) is 6.32. The quantitative estimate of drug-likeness (QED) is 0.464. The summed E-state index contributed by atoms with van der Waals surface area (Å²) in [5, 5.41) is 1.80. The summed E-state index contributed by atoms with van der Waals surface area (Å²) < 4.78 is 0. The first kappa shape index (κ1) is 7.32. The fourth-order valence-electron chi connectivity index (χ4n) is 0. The van der Waals surface area contributed by atoms with E-state index in [9.17, 15) is 0 Å². The van der Waals surface area contributed by atoms with Crippen molar-refractivity contribution in [1.29, 1.82) is 0 Å². The Balaban J connectivity index is 2.54. The summed E-state index contributed by atoms with van der Waals surface area (Å²) in [7, 11) is 5.10. The molecule has 0 amide bonds. The van der Waals surface area contributed by atoms with Crippen molar-refractivity contribution in [2.45, 2.75) is 0 Å². The molecular weight excluding hydrogens is 402 g/mol. The van der Waals surface area contributed by atoms with Gasteiger partial charge in [-0.3, -0.25) is 0 Å². The molecule has 5 heteroatoms. The third-order valence-electron chi connectivity index (χ3n) is 0.0952. The molecule has 0 atom stereocenters. The van der Waals surface area contributed by atoms with Crippen molar-refractivity contribution in [2.75, 3.05) is 0 Å². The molecule has 0 aromatic carbocycles. The van der Waals surface area contributed by atoms with E-state index in [2.05, 4.69) is 37.2 Å². The zero-order chi connectivity index (χ0) is 4.28. The molecule has 0 aliphatic heterocycles. The zero-order valence-corrected chi connectivity index (χ0v) is 8.76. The predicted molar refractivity (Wildman–Crippen MR) is 53.6 cm³/mol. The van der Waals surface area contributed by atoms with E-state index < -0.39 is 11.7 Å². The van der Waals surface area contributed by atoms with Gasteiger partial charge >= 0.3 is 61.6 Å². The summed E-state index contributed by atoms with van der Waals surface area (Å²) in [6.45, 7) is 0. The van der Waals surface area contributed by atoms with Crippen molar-refractivity contribution >= 4 is 61.6 Å². The summed E-state index contributed by atoms with van der Waals surface area (Å²) in [5.41, 5.74) is 0. The van der Waals surface area contributed by atoms with Crippen LogP contribution in [0, 0.1) is 0 Å². The number of rotatable bonds is 1. The Hall–Kier alpha value is 2.32. The topological polar surface area (TPSA) is 0 Å². The molecule has 0 aliphatic carbocycles. The summed E-state index contributed by atoms with van der Waals surface area (Å²) in [4.78, 5) is 0. The van der Waals surface area contributed by atoms with Crippen LogP contribution < -0.4 is 0 Å². The van der Waals surface area contributed by atoms with Crippen LogP contribution in [0.4, 0.5) is 0 Å². The van der Waals surface area contributed by atoms with Crippen molar-refractivity contribution < 1.29 is 0 Å². The second kappa shape index (κ2) is 4.48. The molecule has 0 unspecified atom stereocenters. The van der Waals surface area contributed by atoms with Crippen LogP contribution in [0.25, 0.3) is 0 Å². The minimum absolute atomic E-state index is 0.689. The molecule has 0 aromatic heterocycles. The van der Waals surface area contributed by atoms with Gasteiger partial charge in [0.05, 0.1) is 0 Å². The first-order valence-electron chi connectivity index (χ1n) is 0.837. The van der Waals surface area contributed by atoms with Crippen molar-refractivity contribution in [1.82, 2.24) is 0 Å². The normalized spacial score (nSPS) is 10.4. The minimum atomic E-state index is -0.689. The molecule has 3 radical (unpaired) electrons. The van der Waals surface area contributed by atoms with Crippen molar-refractivity contribution in [3.05, 3.63) is 0 Å². The van der Waals surface area contributed by atoms with Crippen LogP contribution in [-0.2, 0) is 0 Å². The van der Waals surface area contributed by atoms with E-state index in [1.165, 1.54) is 0 Å². The fraction of sp³-hybridized carbons (Fsp3) is 0. The summed E-state index contributed by atoms with van der Waals surface area (Å²) in [6.07, 6.45) is 0. The summed E-state index contributed by atoms with van der Waals surface area (Å²) in [5.74, 6) is 0. The number of halogens is 3. The molecule has 5 heavy (non-hydrogen) atoms. The average Bonchev–Trinajstić information content (AvgIpc) is 1.38. The Morgan fingerprint density at radius 3 is 1.80 bits per heavy atom. The van der Waals surface area contributed by atoms with E-state index in [0.717, 1.165) is 0 Å². The molecule has 0 heterocycles. The molecule has 0 saturated heterocycles. The van der Waals surface area contributed by atoms with Gasteiger partial charge in [0, 0.05) is 0 Å². The van der Waals surface area contributed by atoms with Crippen LogP contribution in [0.1, 0.15) is 0 Å². The molecule has 0 rings (SSSR count). The van der Waals surface area contributed by atoms with E-state index in [1.54, 1.807) is 5.03 Å². The molecule has 0 nitrogen and oxygen atoms in total. The van der Waals surface area contributed by atoms with Gasteiger partial charge in [0.25, 0.3) is 0 Å². The molecular formula is B2I3. The van der Waals surface area contributed by atoms with Crippen LogP contribution in [0.15, 0.2) is 0 Å². The molecule has 0 saturated carbocycles. The molecule has 0 fully saturated rings. The Morgan fingerprint density at radius 1 is 1.60 bits per heavy atom. The van der Waals surface area contributed by atoms with Gasteiger partial charge in [0.1, 0.15) is 0 Å². The van der Waals surface area contributed by atoms with Crippen LogP contribution >= 0.6 is 48.9 Å². The van der Waals surface area contributed by atoms with Gasteiger partial charge in [0.15, 0.2) is 0 Å². The van der Waals surface area contributed by atoms with Gasteiger partial charge in [-0.15, -0.1) is 0 Å². The molecule has 27 valence electrons. The van der Waals surface area contributed by atoms with E-state index in [-0.39, 0.29) is 0 Å². The van der Waals surface area contributed by atoms with Crippen LogP contribution in [0.5, 0.6) is 0 Å². The van der Waals surface area contributed by atoms with Gasteiger partial charge in [-0.05, 0) is 0 Å². The number of hydrogen-bond donors (Lipinski definition) is 0. The maximum atomic E-state index is 5.10. The van der Waals surface area contributed by atoms with Crippen LogP contribution in [0.3, 0.4) is 0 Å². The SMILES string of the molecule is [B][B]I(I)I. The van der Waals surface area contributed by atoms with Gasteiger partial charge in [-0.2, -0.15) is 0 Å². The van der Waals surface area contributed by atoms with Crippen molar-refractivity contribution in [3.63, 3.8) is 0 Å². The molecule has 0 spiro atoms. The predicted octanol–water partition coefficient (Wildman–Crippen LogP) is 1.90. The average molecular weight is 402 g/mol. The van der Waals surface area contributed by atoms with E-state index in [0.29, 0.717) is 0 Å². The van der Waals surface area contributed by atoms with Crippen LogP contribution in [-0.4, -0.2) is 12.8 Å². The van der Waals surface area contributed by atoms with E-state index in [4.69, 9.17) is 7.74 Å². The van der Waals surface area contributed by atoms with Gasteiger partial charge in [-0.1, -0.05) is 0 Å². The van der Waals surface area contributed by atoms with Gasteiger partial charge in [0.2, 0.25) is 0 Å². The monoisotopic (exact) mass is 403 g/mol. The number of hydrogen-bond acceptors (Lipinski definition) is 0. The van der Waals surface area contributed by atoms with E-state index >= 15 is 0 Å². The third-order valence-corrected chi connectivity index (χ3v) is 4.29. The maximum absolute atomic E-state index is 5.10. The second-order valence-electron chi connectivity index (χ2n) is 0.345. The molecule has 0 bridgehead atoms. The Bertz CT molecular complexity index is 18.9. The second-order valence-corrected chi connectivity index (χ2v) is 24.6. The van der Waals surface area contributed by atoms with Gasteiger partial charge < -0.3 is 0 Å². The molecule has 0 N–H and O–H groups in total. The van der Waals surface area contributed by atoms with Crippen molar-refractivity contribution in [2.24, 2.45) is 0 Å². The fourth-order valence-corrected chi connectivity index (χ4v) is 0. The zero-order valence-electron chi connectivity index (χ0n) is 2.29. The van der Waals surface area contributed by atoms with Crippen LogP contribution in [0.2, 0.25) is 0 Å². The molecule has 0 aliphatic rings. The Morgan fingerprint density at radius 2 is 1.80 bits per heavy atom. The standard InChI is InChI=1S/B2I3/c1-2-5(3)4. The Kier molecular flexibility index (Phi) is 6.56. The first-order valence-corrected chi connectivity index (χ1v) is 14.7. The van der Waals surface area contributed by atoms with Gasteiger partial charge in [-0.25, -0.2) is 0 Å².